The van der Waals surface area contributed by atoms with E-state index >= 15 is 0 Å². The largest absolute Gasteiger partial charge is 0.454 e. The molecule has 2 aromatic heterocycles. The maximum absolute atomic E-state index is 12.2. The van der Waals surface area contributed by atoms with Gasteiger partial charge in [-0.25, -0.2) is 9.50 Å². The van der Waals surface area contributed by atoms with Gasteiger partial charge >= 0.3 is 0 Å². The second-order valence-electron chi connectivity index (χ2n) is 5.18. The minimum absolute atomic E-state index is 0.138. The lowest BCUT2D eigenvalue weighted by atomic mass is 10.2. The maximum atomic E-state index is 12.2. The molecular formula is C15H14N4O3S. The van der Waals surface area contributed by atoms with Gasteiger partial charge in [-0.05, 0) is 25.1 Å². The standard InChI is InChI=1S/C15H14N4O3S/c1-9-7-19-15(17-9)23-13(18-19)4-5-16-14(20)10-2-3-11-12(6-10)22-8-21-11/h2-3,6-7H,4-5,8H2,1H3,(H,16,20). The fourth-order valence-corrected chi connectivity index (χ4v) is 3.29. The highest BCUT2D eigenvalue weighted by Crippen LogP contribution is 2.32. The molecule has 0 atom stereocenters. The van der Waals surface area contributed by atoms with E-state index in [9.17, 15) is 4.79 Å². The summed E-state index contributed by atoms with van der Waals surface area (Å²) in [6.07, 6.45) is 2.56. The molecule has 1 aromatic carbocycles. The van der Waals surface area contributed by atoms with E-state index in [0.717, 1.165) is 15.7 Å². The number of carbonyl (C=O) groups excluding carboxylic acids is 1. The van der Waals surface area contributed by atoms with Crippen molar-refractivity contribution >= 4 is 22.2 Å². The van der Waals surface area contributed by atoms with Crippen LogP contribution in [0, 0.1) is 6.92 Å². The van der Waals surface area contributed by atoms with Crippen molar-refractivity contribution in [3.05, 3.63) is 40.7 Å². The van der Waals surface area contributed by atoms with Crippen LogP contribution < -0.4 is 14.8 Å². The number of nitrogens with zero attached hydrogens (tertiary/aromatic N) is 3. The molecule has 0 spiro atoms. The molecular weight excluding hydrogens is 316 g/mol. The molecule has 0 saturated carbocycles. The first-order chi connectivity index (χ1) is 11.2. The number of carbonyl (C=O) groups is 1. The average Bonchev–Trinajstić information content (AvgIpc) is 3.20. The van der Waals surface area contributed by atoms with Gasteiger partial charge in [0.2, 0.25) is 11.8 Å². The topological polar surface area (TPSA) is 77.8 Å². The Kier molecular flexibility index (Phi) is 3.38. The van der Waals surface area contributed by atoms with Crippen molar-refractivity contribution in [1.29, 1.82) is 0 Å². The molecule has 0 radical (unpaired) electrons. The number of rotatable bonds is 4. The van der Waals surface area contributed by atoms with E-state index in [-0.39, 0.29) is 12.7 Å². The summed E-state index contributed by atoms with van der Waals surface area (Å²) in [5.41, 5.74) is 1.50. The second-order valence-corrected chi connectivity index (χ2v) is 6.22. The normalized spacial score (nSPS) is 12.7. The monoisotopic (exact) mass is 330 g/mol. The van der Waals surface area contributed by atoms with Crippen LogP contribution in [0.25, 0.3) is 4.96 Å². The van der Waals surface area contributed by atoms with Crippen molar-refractivity contribution in [2.24, 2.45) is 0 Å². The van der Waals surface area contributed by atoms with Gasteiger partial charge in [0.25, 0.3) is 5.91 Å². The van der Waals surface area contributed by atoms with Gasteiger partial charge in [-0.15, -0.1) is 0 Å². The van der Waals surface area contributed by atoms with Crippen LogP contribution in [0.3, 0.4) is 0 Å². The Hall–Kier alpha value is -2.61. The highest BCUT2D eigenvalue weighted by Gasteiger charge is 2.16. The number of aromatic nitrogens is 3. The van der Waals surface area contributed by atoms with E-state index in [1.54, 1.807) is 22.7 Å². The zero-order valence-electron chi connectivity index (χ0n) is 12.4. The Balaban J connectivity index is 1.36. The molecule has 23 heavy (non-hydrogen) atoms. The second kappa shape index (κ2) is 5.54. The van der Waals surface area contributed by atoms with Crippen LogP contribution in [0.2, 0.25) is 0 Å². The number of aryl methyl sites for hydroxylation is 1. The number of hydrogen-bond acceptors (Lipinski definition) is 6. The van der Waals surface area contributed by atoms with Crippen LogP contribution >= 0.6 is 11.3 Å². The third-order valence-corrected chi connectivity index (χ3v) is 4.45. The van der Waals surface area contributed by atoms with E-state index in [2.05, 4.69) is 15.4 Å². The lowest BCUT2D eigenvalue weighted by Gasteiger charge is -2.04. The minimum Gasteiger partial charge on any atom is -0.454 e. The van der Waals surface area contributed by atoms with Crippen molar-refractivity contribution in [2.75, 3.05) is 13.3 Å². The summed E-state index contributed by atoms with van der Waals surface area (Å²) in [6.45, 7) is 2.65. The van der Waals surface area contributed by atoms with Gasteiger partial charge in [-0.3, -0.25) is 4.79 Å². The van der Waals surface area contributed by atoms with E-state index < -0.39 is 0 Å². The van der Waals surface area contributed by atoms with Crippen LogP contribution in [0.15, 0.2) is 24.4 Å². The van der Waals surface area contributed by atoms with E-state index in [0.29, 0.717) is 30.0 Å². The van der Waals surface area contributed by atoms with Crippen LogP contribution in [0.5, 0.6) is 11.5 Å². The van der Waals surface area contributed by atoms with Gasteiger partial charge in [0.15, 0.2) is 11.5 Å². The average molecular weight is 330 g/mol. The van der Waals surface area contributed by atoms with Gasteiger partial charge < -0.3 is 14.8 Å². The predicted molar refractivity (Wildman–Crippen MR) is 84.2 cm³/mol. The van der Waals surface area contributed by atoms with E-state index in [1.807, 2.05) is 13.1 Å². The molecule has 0 saturated heterocycles. The summed E-state index contributed by atoms with van der Waals surface area (Å²) in [4.78, 5) is 17.4. The molecule has 0 aliphatic carbocycles. The summed E-state index contributed by atoms with van der Waals surface area (Å²) in [5.74, 6) is 1.14. The zero-order valence-corrected chi connectivity index (χ0v) is 13.2. The van der Waals surface area contributed by atoms with Crippen molar-refractivity contribution in [2.45, 2.75) is 13.3 Å². The van der Waals surface area contributed by atoms with Gasteiger partial charge in [0.05, 0.1) is 11.9 Å². The van der Waals surface area contributed by atoms with Crippen LogP contribution in [-0.2, 0) is 6.42 Å². The van der Waals surface area contributed by atoms with Gasteiger partial charge in [0.1, 0.15) is 5.01 Å². The molecule has 4 rings (SSSR count). The number of benzene rings is 1. The Bertz CT molecular complexity index is 855. The Morgan fingerprint density at radius 2 is 2.26 bits per heavy atom. The first kappa shape index (κ1) is 14.0. The van der Waals surface area contributed by atoms with Crippen molar-refractivity contribution in [1.82, 2.24) is 19.9 Å². The molecule has 1 aliphatic heterocycles. The molecule has 1 N–H and O–H groups in total. The fourth-order valence-electron chi connectivity index (χ4n) is 2.37. The van der Waals surface area contributed by atoms with Crippen LogP contribution in [-0.4, -0.2) is 33.8 Å². The molecule has 0 bridgehead atoms. The molecule has 3 heterocycles. The Morgan fingerprint density at radius 1 is 1.39 bits per heavy atom. The molecule has 3 aromatic rings. The smallest absolute Gasteiger partial charge is 0.251 e. The van der Waals surface area contributed by atoms with Gasteiger partial charge in [0, 0.05) is 18.5 Å². The molecule has 118 valence electrons. The van der Waals surface area contributed by atoms with Crippen molar-refractivity contribution in [3.8, 4) is 11.5 Å². The summed E-state index contributed by atoms with van der Waals surface area (Å²) < 4.78 is 12.3. The maximum Gasteiger partial charge on any atom is 0.251 e. The third-order valence-electron chi connectivity index (χ3n) is 3.46. The van der Waals surface area contributed by atoms with Crippen molar-refractivity contribution in [3.63, 3.8) is 0 Å². The Morgan fingerprint density at radius 3 is 3.13 bits per heavy atom. The number of fused-ring (bicyclic) bond motifs is 2. The summed E-state index contributed by atoms with van der Waals surface area (Å²) >= 11 is 1.53. The third kappa shape index (κ3) is 2.72. The van der Waals surface area contributed by atoms with Gasteiger partial charge in [-0.1, -0.05) is 11.3 Å². The van der Waals surface area contributed by atoms with Crippen molar-refractivity contribution < 1.29 is 14.3 Å². The highest BCUT2D eigenvalue weighted by atomic mass is 32.1. The molecule has 1 aliphatic rings. The number of ether oxygens (including phenoxy) is 2. The molecule has 8 heteroatoms. The highest BCUT2D eigenvalue weighted by molar-refractivity contribution is 7.16. The molecule has 0 unspecified atom stereocenters. The summed E-state index contributed by atoms with van der Waals surface area (Å²) in [6, 6.07) is 5.16. The van der Waals surface area contributed by atoms with E-state index in [4.69, 9.17) is 9.47 Å². The van der Waals surface area contributed by atoms with Crippen LogP contribution in [0.1, 0.15) is 21.1 Å². The summed E-state index contributed by atoms with van der Waals surface area (Å²) in [7, 11) is 0. The lowest BCUT2D eigenvalue weighted by molar-refractivity contribution is 0.0953. The molecule has 0 fully saturated rings. The fraction of sp³-hybridized carbons (Fsp3) is 0.267. The first-order valence-corrected chi connectivity index (χ1v) is 8.00. The number of nitrogens with one attached hydrogen (secondary N) is 1. The first-order valence-electron chi connectivity index (χ1n) is 7.18. The predicted octanol–water partition coefficient (Wildman–Crippen LogP) is 1.80. The summed E-state index contributed by atoms with van der Waals surface area (Å²) in [5, 5.41) is 8.27. The Labute approximate surface area is 135 Å². The number of imidazole rings is 1. The number of hydrogen-bond donors (Lipinski definition) is 1. The zero-order chi connectivity index (χ0) is 15.8. The van der Waals surface area contributed by atoms with Crippen LogP contribution in [0.4, 0.5) is 0 Å². The lowest BCUT2D eigenvalue weighted by Crippen LogP contribution is -2.25. The molecule has 7 nitrogen and oxygen atoms in total. The quantitative estimate of drug-likeness (QED) is 0.789. The SMILES string of the molecule is Cc1cn2nc(CCNC(=O)c3ccc4c(c3)OCO4)sc2n1. The minimum atomic E-state index is -0.138. The van der Waals surface area contributed by atoms with Gasteiger partial charge in [-0.2, -0.15) is 5.10 Å². The molecule has 1 amide bonds. The van der Waals surface area contributed by atoms with E-state index in [1.165, 1.54) is 11.3 Å². The number of amides is 1.